The summed E-state index contributed by atoms with van der Waals surface area (Å²) in [5.41, 5.74) is 0. The first-order valence-electron chi connectivity index (χ1n) is 7.48. The molecule has 0 aliphatic heterocycles. The van der Waals surface area contributed by atoms with Crippen LogP contribution in [0.3, 0.4) is 0 Å². The van der Waals surface area contributed by atoms with E-state index in [1.165, 1.54) is 57.2 Å². The first kappa shape index (κ1) is 15.4. The molecule has 1 saturated carbocycles. The molecule has 1 rings (SSSR count). The van der Waals surface area contributed by atoms with Crippen LogP contribution < -0.4 is 5.32 Å². The van der Waals surface area contributed by atoms with Crippen molar-refractivity contribution in [3.8, 4) is 0 Å². The van der Waals surface area contributed by atoms with Gasteiger partial charge in [-0.2, -0.15) is 11.8 Å². The molecular weight excluding hydrogens is 226 g/mol. The van der Waals surface area contributed by atoms with Crippen LogP contribution in [0, 0.1) is 11.8 Å². The zero-order chi connectivity index (χ0) is 12.5. The number of nitrogens with one attached hydrogen (secondary N) is 1. The Morgan fingerprint density at radius 2 is 1.82 bits per heavy atom. The Morgan fingerprint density at radius 1 is 1.06 bits per heavy atom. The highest BCUT2D eigenvalue weighted by atomic mass is 32.2. The maximum absolute atomic E-state index is 3.79. The molecule has 1 nitrogen and oxygen atoms in total. The molecule has 0 bridgehead atoms. The molecule has 3 unspecified atom stereocenters. The molecule has 0 aromatic heterocycles. The van der Waals surface area contributed by atoms with E-state index in [1.54, 1.807) is 0 Å². The van der Waals surface area contributed by atoms with Crippen molar-refractivity contribution in [3.05, 3.63) is 0 Å². The molecule has 17 heavy (non-hydrogen) atoms. The molecule has 0 radical (unpaired) electrons. The summed E-state index contributed by atoms with van der Waals surface area (Å²) >= 11 is 1.97. The summed E-state index contributed by atoms with van der Waals surface area (Å²) < 4.78 is 0. The van der Waals surface area contributed by atoms with Gasteiger partial charge in [0.25, 0.3) is 0 Å². The lowest BCUT2D eigenvalue weighted by atomic mass is 9.78. The Labute approximate surface area is 113 Å². The summed E-state index contributed by atoms with van der Waals surface area (Å²) in [4.78, 5) is 0. The summed E-state index contributed by atoms with van der Waals surface area (Å²) in [6, 6.07) is 0.796. The number of hydrogen-bond donors (Lipinski definition) is 1. The SMILES string of the molecule is CSCCCCCCNC1CCCC(C)C1C. The van der Waals surface area contributed by atoms with E-state index in [0.717, 1.165) is 17.9 Å². The van der Waals surface area contributed by atoms with Gasteiger partial charge in [0.2, 0.25) is 0 Å². The number of unbranched alkanes of at least 4 members (excludes halogenated alkanes) is 3. The first-order valence-corrected chi connectivity index (χ1v) is 8.87. The zero-order valence-electron chi connectivity index (χ0n) is 12.0. The van der Waals surface area contributed by atoms with E-state index in [9.17, 15) is 0 Å². The Hall–Kier alpha value is 0.310. The van der Waals surface area contributed by atoms with Crippen LogP contribution >= 0.6 is 11.8 Å². The van der Waals surface area contributed by atoms with E-state index >= 15 is 0 Å². The van der Waals surface area contributed by atoms with Crippen LogP contribution in [0.2, 0.25) is 0 Å². The normalized spacial score (nSPS) is 29.5. The van der Waals surface area contributed by atoms with E-state index in [2.05, 4.69) is 25.4 Å². The Balaban J connectivity index is 1.98. The van der Waals surface area contributed by atoms with E-state index in [4.69, 9.17) is 0 Å². The molecule has 1 N–H and O–H groups in total. The molecule has 0 heterocycles. The van der Waals surface area contributed by atoms with Crippen LogP contribution in [0.1, 0.15) is 58.8 Å². The second-order valence-electron chi connectivity index (χ2n) is 5.73. The van der Waals surface area contributed by atoms with Crippen molar-refractivity contribution in [1.29, 1.82) is 0 Å². The van der Waals surface area contributed by atoms with Crippen LogP contribution in [-0.2, 0) is 0 Å². The molecule has 0 saturated heterocycles. The Kier molecular flexibility index (Phi) is 8.38. The highest BCUT2D eigenvalue weighted by molar-refractivity contribution is 7.98. The largest absolute Gasteiger partial charge is 0.314 e. The lowest BCUT2D eigenvalue weighted by Gasteiger charge is -2.34. The molecule has 2 heteroatoms. The summed E-state index contributed by atoms with van der Waals surface area (Å²) in [5.74, 6) is 3.13. The fraction of sp³-hybridized carbons (Fsp3) is 1.00. The summed E-state index contributed by atoms with van der Waals surface area (Å²) in [5, 5.41) is 3.79. The topological polar surface area (TPSA) is 12.0 Å². The van der Waals surface area contributed by atoms with Crippen LogP contribution in [0.25, 0.3) is 0 Å². The molecule has 0 aromatic rings. The van der Waals surface area contributed by atoms with Crippen LogP contribution in [0.5, 0.6) is 0 Å². The van der Waals surface area contributed by atoms with Crippen molar-refractivity contribution >= 4 is 11.8 Å². The Morgan fingerprint density at radius 3 is 2.59 bits per heavy atom. The average Bonchev–Trinajstić information content (AvgIpc) is 2.33. The smallest absolute Gasteiger partial charge is 0.00952 e. The number of hydrogen-bond acceptors (Lipinski definition) is 2. The fourth-order valence-corrected chi connectivity index (χ4v) is 3.38. The molecular formula is C15H31NS. The second-order valence-corrected chi connectivity index (χ2v) is 6.72. The van der Waals surface area contributed by atoms with E-state index in [-0.39, 0.29) is 0 Å². The van der Waals surface area contributed by atoms with Crippen molar-refractivity contribution < 1.29 is 0 Å². The van der Waals surface area contributed by atoms with Crippen molar-refractivity contribution in [1.82, 2.24) is 5.32 Å². The predicted molar refractivity (Wildman–Crippen MR) is 80.8 cm³/mol. The van der Waals surface area contributed by atoms with Crippen molar-refractivity contribution in [2.45, 2.75) is 64.8 Å². The number of thioether (sulfide) groups is 1. The number of rotatable bonds is 8. The van der Waals surface area contributed by atoms with Gasteiger partial charge in [-0.25, -0.2) is 0 Å². The summed E-state index contributed by atoms with van der Waals surface area (Å²) in [6.45, 7) is 6.09. The van der Waals surface area contributed by atoms with Gasteiger partial charge in [0, 0.05) is 6.04 Å². The highest BCUT2D eigenvalue weighted by Crippen LogP contribution is 2.29. The quantitative estimate of drug-likeness (QED) is 0.650. The molecule has 102 valence electrons. The Bertz CT molecular complexity index is 184. The third-order valence-corrected chi connectivity index (χ3v) is 5.09. The van der Waals surface area contributed by atoms with Gasteiger partial charge in [0.15, 0.2) is 0 Å². The maximum atomic E-state index is 3.79. The van der Waals surface area contributed by atoms with Gasteiger partial charge >= 0.3 is 0 Å². The minimum Gasteiger partial charge on any atom is -0.314 e. The summed E-state index contributed by atoms with van der Waals surface area (Å²) in [6.07, 6.45) is 12.1. The lowest BCUT2D eigenvalue weighted by Crippen LogP contribution is -2.40. The van der Waals surface area contributed by atoms with Gasteiger partial charge in [0.1, 0.15) is 0 Å². The third kappa shape index (κ3) is 6.15. The monoisotopic (exact) mass is 257 g/mol. The molecule has 1 fully saturated rings. The van der Waals surface area contributed by atoms with Gasteiger partial charge < -0.3 is 5.32 Å². The third-order valence-electron chi connectivity index (χ3n) is 4.39. The van der Waals surface area contributed by atoms with E-state index in [1.807, 2.05) is 11.8 Å². The van der Waals surface area contributed by atoms with Crippen LogP contribution in [0.15, 0.2) is 0 Å². The van der Waals surface area contributed by atoms with Crippen molar-refractivity contribution in [2.75, 3.05) is 18.6 Å². The minimum absolute atomic E-state index is 0.796. The average molecular weight is 257 g/mol. The molecule has 0 spiro atoms. The van der Waals surface area contributed by atoms with Crippen LogP contribution in [0.4, 0.5) is 0 Å². The summed E-state index contributed by atoms with van der Waals surface area (Å²) in [7, 11) is 0. The standard InChI is InChI=1S/C15H31NS/c1-13-9-8-10-15(14(13)2)16-11-6-4-5-7-12-17-3/h13-16H,4-12H2,1-3H3. The molecule has 0 aromatic carbocycles. The van der Waals surface area contributed by atoms with E-state index in [0.29, 0.717) is 0 Å². The molecule has 3 atom stereocenters. The van der Waals surface area contributed by atoms with Crippen molar-refractivity contribution in [2.24, 2.45) is 11.8 Å². The van der Waals surface area contributed by atoms with Gasteiger partial charge in [-0.15, -0.1) is 0 Å². The zero-order valence-corrected chi connectivity index (χ0v) is 12.8. The first-order chi connectivity index (χ1) is 8.25. The van der Waals surface area contributed by atoms with Gasteiger partial charge in [0.05, 0.1) is 0 Å². The molecule has 1 aliphatic rings. The fourth-order valence-electron chi connectivity index (χ4n) is 2.88. The maximum Gasteiger partial charge on any atom is 0.00952 e. The predicted octanol–water partition coefficient (Wildman–Crippen LogP) is 4.32. The van der Waals surface area contributed by atoms with Gasteiger partial charge in [-0.1, -0.05) is 39.5 Å². The highest BCUT2D eigenvalue weighted by Gasteiger charge is 2.25. The van der Waals surface area contributed by atoms with Gasteiger partial charge in [-0.3, -0.25) is 0 Å². The lowest BCUT2D eigenvalue weighted by molar-refractivity contribution is 0.206. The molecule has 1 aliphatic carbocycles. The minimum atomic E-state index is 0.796. The second kappa shape index (κ2) is 9.27. The van der Waals surface area contributed by atoms with E-state index < -0.39 is 0 Å². The molecule has 0 amide bonds. The van der Waals surface area contributed by atoms with Gasteiger partial charge in [-0.05, 0) is 49.7 Å². The van der Waals surface area contributed by atoms with Crippen LogP contribution in [-0.4, -0.2) is 24.6 Å². The van der Waals surface area contributed by atoms with Crippen molar-refractivity contribution in [3.63, 3.8) is 0 Å².